The van der Waals surface area contributed by atoms with E-state index in [9.17, 15) is 4.79 Å². The second-order valence-electron chi connectivity index (χ2n) is 6.54. The van der Waals surface area contributed by atoms with E-state index in [1.54, 1.807) is 4.90 Å². The first-order chi connectivity index (χ1) is 12.7. The molecule has 4 heterocycles. The van der Waals surface area contributed by atoms with Gasteiger partial charge in [0.1, 0.15) is 6.61 Å². The molecule has 26 heavy (non-hydrogen) atoms. The van der Waals surface area contributed by atoms with Crippen LogP contribution in [0, 0.1) is 6.92 Å². The molecule has 2 aliphatic heterocycles. The number of rotatable bonds is 2. The van der Waals surface area contributed by atoms with Gasteiger partial charge in [-0.05, 0) is 19.1 Å². The van der Waals surface area contributed by atoms with Crippen LogP contribution in [-0.2, 0) is 22.6 Å². The predicted molar refractivity (Wildman–Crippen MR) is 92.7 cm³/mol. The zero-order valence-electron chi connectivity index (χ0n) is 14.4. The number of morpholine rings is 1. The van der Waals surface area contributed by atoms with Crippen LogP contribution in [0.2, 0.25) is 0 Å². The first kappa shape index (κ1) is 15.3. The maximum Gasteiger partial charge on any atom is 0.249 e. The maximum absolute atomic E-state index is 12.0. The molecule has 3 aromatic rings. The lowest BCUT2D eigenvalue weighted by Gasteiger charge is -2.25. The zero-order chi connectivity index (χ0) is 17.7. The molecule has 2 aromatic heterocycles. The highest BCUT2D eigenvalue weighted by molar-refractivity contribution is 5.78. The molecule has 1 aromatic carbocycles. The Morgan fingerprint density at radius 3 is 3.04 bits per heavy atom. The van der Waals surface area contributed by atoms with Crippen molar-refractivity contribution < 1.29 is 9.53 Å². The number of para-hydroxylation sites is 1. The Kier molecular flexibility index (Phi) is 3.39. The highest BCUT2D eigenvalue weighted by Gasteiger charge is 2.25. The molecule has 1 fully saturated rings. The number of aryl methyl sites for hydroxylation is 1. The van der Waals surface area contributed by atoms with Crippen molar-refractivity contribution in [2.45, 2.75) is 20.0 Å². The lowest BCUT2D eigenvalue weighted by atomic mass is 10.1. The van der Waals surface area contributed by atoms with E-state index in [4.69, 9.17) is 9.72 Å². The van der Waals surface area contributed by atoms with E-state index in [1.807, 2.05) is 36.1 Å². The number of carbonyl (C=O) groups is 1. The Hall–Kier alpha value is -3.00. The van der Waals surface area contributed by atoms with Gasteiger partial charge in [-0.1, -0.05) is 12.1 Å². The molecule has 1 amide bonds. The van der Waals surface area contributed by atoms with Crippen LogP contribution in [0.25, 0.3) is 17.1 Å². The van der Waals surface area contributed by atoms with Crippen molar-refractivity contribution in [1.29, 1.82) is 0 Å². The summed E-state index contributed by atoms with van der Waals surface area (Å²) in [5.41, 5.74) is 4.13. The number of ether oxygens (including phenoxy) is 1. The van der Waals surface area contributed by atoms with Gasteiger partial charge >= 0.3 is 0 Å². The SMILES string of the molecule is Cc1ncn2c1Cn1nc(CN3CCOCC3=O)nc1-c1ccccc1-2. The fraction of sp³-hybridized carbons (Fsp3) is 0.333. The van der Waals surface area contributed by atoms with Gasteiger partial charge in [-0.2, -0.15) is 5.10 Å². The maximum atomic E-state index is 12.0. The van der Waals surface area contributed by atoms with Gasteiger partial charge in [-0.3, -0.25) is 4.79 Å². The molecule has 0 unspecified atom stereocenters. The summed E-state index contributed by atoms with van der Waals surface area (Å²) in [6.45, 7) is 4.27. The molecule has 8 heteroatoms. The minimum atomic E-state index is -0.0180. The number of amides is 1. The van der Waals surface area contributed by atoms with Gasteiger partial charge in [0, 0.05) is 12.1 Å². The van der Waals surface area contributed by atoms with E-state index in [0.29, 0.717) is 32.1 Å². The van der Waals surface area contributed by atoms with Gasteiger partial charge in [0.2, 0.25) is 5.91 Å². The molecule has 0 saturated carbocycles. The van der Waals surface area contributed by atoms with Gasteiger partial charge in [0.15, 0.2) is 11.6 Å². The Balaban J connectivity index is 1.58. The molecular weight excluding hydrogens is 332 g/mol. The molecule has 0 aliphatic carbocycles. The fourth-order valence-corrected chi connectivity index (χ4v) is 3.53. The first-order valence-corrected chi connectivity index (χ1v) is 8.62. The third kappa shape index (κ3) is 2.33. The van der Waals surface area contributed by atoms with Gasteiger partial charge in [-0.25, -0.2) is 14.6 Å². The summed E-state index contributed by atoms with van der Waals surface area (Å²) in [6, 6.07) is 8.12. The highest BCUT2D eigenvalue weighted by atomic mass is 16.5. The number of carbonyl (C=O) groups excluding carboxylic acids is 1. The van der Waals surface area contributed by atoms with Crippen molar-refractivity contribution in [3.05, 3.63) is 47.8 Å². The molecular formula is C18H18N6O2. The predicted octanol–water partition coefficient (Wildman–Crippen LogP) is 1.16. The van der Waals surface area contributed by atoms with Crippen molar-refractivity contribution in [1.82, 2.24) is 29.2 Å². The summed E-state index contributed by atoms with van der Waals surface area (Å²) in [5.74, 6) is 1.45. The van der Waals surface area contributed by atoms with Crippen molar-refractivity contribution in [2.75, 3.05) is 19.8 Å². The second kappa shape index (κ2) is 5.77. The average molecular weight is 350 g/mol. The molecule has 5 rings (SSSR count). The minimum absolute atomic E-state index is 0.0180. The lowest BCUT2D eigenvalue weighted by molar-refractivity contribution is -0.143. The first-order valence-electron chi connectivity index (χ1n) is 8.62. The van der Waals surface area contributed by atoms with Crippen molar-refractivity contribution in [3.63, 3.8) is 0 Å². The topological polar surface area (TPSA) is 78.1 Å². The van der Waals surface area contributed by atoms with Crippen LogP contribution < -0.4 is 0 Å². The van der Waals surface area contributed by atoms with E-state index in [1.165, 1.54) is 0 Å². The van der Waals surface area contributed by atoms with Gasteiger partial charge in [0.05, 0.1) is 43.1 Å². The van der Waals surface area contributed by atoms with Crippen molar-refractivity contribution >= 4 is 5.91 Å². The Bertz CT molecular complexity index is 1010. The zero-order valence-corrected chi connectivity index (χ0v) is 14.4. The number of benzene rings is 1. The van der Waals surface area contributed by atoms with E-state index in [0.717, 1.165) is 28.5 Å². The standard InChI is InChI=1S/C18H18N6O2/c1-12-15-8-24-18(13-4-2-3-5-14(13)23(15)11-19-12)20-16(21-24)9-22-6-7-26-10-17(22)25/h2-5,11H,6-10H2,1H3. The number of fused-ring (bicyclic) bond motifs is 5. The minimum Gasteiger partial charge on any atom is -0.370 e. The van der Waals surface area contributed by atoms with Crippen LogP contribution in [-0.4, -0.2) is 54.9 Å². The largest absolute Gasteiger partial charge is 0.370 e. The third-order valence-corrected chi connectivity index (χ3v) is 4.91. The summed E-state index contributed by atoms with van der Waals surface area (Å²) in [4.78, 5) is 23.0. The van der Waals surface area contributed by atoms with Crippen molar-refractivity contribution in [3.8, 4) is 17.1 Å². The van der Waals surface area contributed by atoms with E-state index in [-0.39, 0.29) is 12.5 Å². The molecule has 2 aliphatic rings. The number of hydrogen-bond donors (Lipinski definition) is 0. The molecule has 0 N–H and O–H groups in total. The van der Waals surface area contributed by atoms with E-state index >= 15 is 0 Å². The Morgan fingerprint density at radius 1 is 1.27 bits per heavy atom. The van der Waals surface area contributed by atoms with Crippen LogP contribution in [0.5, 0.6) is 0 Å². The van der Waals surface area contributed by atoms with E-state index in [2.05, 4.69) is 20.7 Å². The van der Waals surface area contributed by atoms with Crippen LogP contribution >= 0.6 is 0 Å². The van der Waals surface area contributed by atoms with E-state index < -0.39 is 0 Å². The van der Waals surface area contributed by atoms with Gasteiger partial charge in [0.25, 0.3) is 0 Å². The van der Waals surface area contributed by atoms with Crippen molar-refractivity contribution in [2.24, 2.45) is 0 Å². The molecule has 0 atom stereocenters. The summed E-state index contributed by atoms with van der Waals surface area (Å²) < 4.78 is 9.20. The molecule has 1 saturated heterocycles. The summed E-state index contributed by atoms with van der Waals surface area (Å²) in [5, 5.41) is 4.69. The number of hydrogen-bond acceptors (Lipinski definition) is 5. The summed E-state index contributed by atoms with van der Waals surface area (Å²) >= 11 is 0. The van der Waals surface area contributed by atoms with Gasteiger partial charge < -0.3 is 14.2 Å². The third-order valence-electron chi connectivity index (χ3n) is 4.91. The Labute approximate surface area is 150 Å². The molecule has 132 valence electrons. The molecule has 8 nitrogen and oxygen atoms in total. The number of nitrogens with zero attached hydrogens (tertiary/aromatic N) is 6. The molecule has 0 spiro atoms. The average Bonchev–Trinajstić information content (AvgIpc) is 3.18. The smallest absolute Gasteiger partial charge is 0.249 e. The number of imidazole rings is 1. The monoisotopic (exact) mass is 350 g/mol. The van der Waals surface area contributed by atoms with Crippen LogP contribution in [0.4, 0.5) is 0 Å². The molecule has 0 bridgehead atoms. The Morgan fingerprint density at radius 2 is 2.15 bits per heavy atom. The van der Waals surface area contributed by atoms with Gasteiger partial charge in [-0.15, -0.1) is 0 Å². The lowest BCUT2D eigenvalue weighted by Crippen LogP contribution is -2.41. The number of aromatic nitrogens is 5. The normalized spacial score (nSPS) is 16.0. The molecule has 0 radical (unpaired) electrons. The highest BCUT2D eigenvalue weighted by Crippen LogP contribution is 2.31. The summed E-state index contributed by atoms with van der Waals surface area (Å²) in [7, 11) is 0. The summed E-state index contributed by atoms with van der Waals surface area (Å²) in [6.07, 6.45) is 1.85. The van der Waals surface area contributed by atoms with Crippen LogP contribution in [0.15, 0.2) is 30.6 Å². The van der Waals surface area contributed by atoms with Crippen LogP contribution in [0.1, 0.15) is 17.2 Å². The van der Waals surface area contributed by atoms with Crippen LogP contribution in [0.3, 0.4) is 0 Å². The quantitative estimate of drug-likeness (QED) is 0.542. The fourth-order valence-electron chi connectivity index (χ4n) is 3.53. The second-order valence-corrected chi connectivity index (χ2v) is 6.54.